The molecule has 2 nitrogen and oxygen atoms in total. The number of hydrogen-bond acceptors (Lipinski definition) is 2. The number of Topliss-reactive ketones (excluding diaryl/α,β-unsaturated/α-hetero) is 1. The molecule has 1 N–H and O–H groups in total. The van der Waals surface area contributed by atoms with E-state index in [1.165, 1.54) is 0 Å². The molecule has 0 aromatic carbocycles. The van der Waals surface area contributed by atoms with Gasteiger partial charge >= 0.3 is 0 Å². The largest absolute Gasteiger partial charge is 0.388 e. The third kappa shape index (κ3) is 1.20. The Morgan fingerprint density at radius 2 is 2.30 bits per heavy atom. The molecule has 0 unspecified atom stereocenters. The Morgan fingerprint density at radius 1 is 1.60 bits per heavy atom. The van der Waals surface area contributed by atoms with Crippen molar-refractivity contribution < 1.29 is 4.79 Å². The van der Waals surface area contributed by atoms with Gasteiger partial charge in [0.05, 0.1) is 0 Å². The third-order valence-electron chi connectivity index (χ3n) is 1.89. The Labute approximate surface area is 61.3 Å². The van der Waals surface area contributed by atoms with E-state index in [2.05, 4.69) is 5.32 Å². The fraction of sp³-hybridized carbons (Fsp3) is 0.625. The topological polar surface area (TPSA) is 29.1 Å². The summed E-state index contributed by atoms with van der Waals surface area (Å²) in [5.41, 5.74) is 2.05. The SMILES string of the molecule is CCC1=C(C)NCCC1=O. The number of ketones is 1. The molecule has 0 radical (unpaired) electrons. The highest BCUT2D eigenvalue weighted by Gasteiger charge is 2.14. The minimum atomic E-state index is 0.318. The van der Waals surface area contributed by atoms with Gasteiger partial charge in [-0.15, -0.1) is 0 Å². The standard InChI is InChI=1S/C8H13NO/c1-3-7-6(2)9-5-4-8(7)10/h9H,3-5H2,1-2H3. The van der Waals surface area contributed by atoms with Gasteiger partial charge in [-0.1, -0.05) is 6.92 Å². The van der Waals surface area contributed by atoms with E-state index in [1.807, 2.05) is 13.8 Å². The predicted molar refractivity (Wildman–Crippen MR) is 40.6 cm³/mol. The molecule has 1 heterocycles. The maximum atomic E-state index is 11.1. The maximum Gasteiger partial charge on any atom is 0.162 e. The van der Waals surface area contributed by atoms with Crippen molar-refractivity contribution >= 4 is 5.78 Å². The van der Waals surface area contributed by atoms with Gasteiger partial charge in [-0.25, -0.2) is 0 Å². The summed E-state index contributed by atoms with van der Waals surface area (Å²) in [6.07, 6.45) is 1.53. The molecule has 0 saturated heterocycles. The molecule has 0 bridgehead atoms. The van der Waals surface area contributed by atoms with Crippen LogP contribution in [0.25, 0.3) is 0 Å². The first kappa shape index (κ1) is 7.32. The third-order valence-corrected chi connectivity index (χ3v) is 1.89. The molecule has 0 aromatic rings. The molecule has 1 rings (SSSR count). The number of carbonyl (C=O) groups is 1. The van der Waals surface area contributed by atoms with Crippen LogP contribution in [0.5, 0.6) is 0 Å². The van der Waals surface area contributed by atoms with Gasteiger partial charge in [0, 0.05) is 24.2 Å². The van der Waals surface area contributed by atoms with Crippen LogP contribution in [0.15, 0.2) is 11.3 Å². The zero-order valence-corrected chi connectivity index (χ0v) is 6.53. The molecule has 0 aliphatic carbocycles. The van der Waals surface area contributed by atoms with Crippen molar-refractivity contribution in [3.8, 4) is 0 Å². The molecule has 1 aliphatic heterocycles. The summed E-state index contributed by atoms with van der Waals surface area (Å²) in [6, 6.07) is 0. The molecule has 0 aromatic heterocycles. The van der Waals surface area contributed by atoms with Gasteiger partial charge in [0.1, 0.15) is 0 Å². The van der Waals surface area contributed by atoms with E-state index < -0.39 is 0 Å². The lowest BCUT2D eigenvalue weighted by atomic mass is 10.0. The Hall–Kier alpha value is -0.790. The van der Waals surface area contributed by atoms with Gasteiger partial charge in [-0.2, -0.15) is 0 Å². The summed E-state index contributed by atoms with van der Waals surface area (Å²) in [5.74, 6) is 0.318. The van der Waals surface area contributed by atoms with E-state index in [0.717, 1.165) is 24.2 Å². The molecule has 56 valence electrons. The van der Waals surface area contributed by atoms with Crippen molar-refractivity contribution in [3.63, 3.8) is 0 Å². The van der Waals surface area contributed by atoms with Gasteiger partial charge in [0.15, 0.2) is 5.78 Å². The zero-order chi connectivity index (χ0) is 7.56. The molecule has 2 heteroatoms. The Balaban J connectivity index is 2.84. The van der Waals surface area contributed by atoms with Crippen LogP contribution < -0.4 is 5.32 Å². The van der Waals surface area contributed by atoms with E-state index in [-0.39, 0.29) is 0 Å². The van der Waals surface area contributed by atoms with E-state index in [9.17, 15) is 4.79 Å². The zero-order valence-electron chi connectivity index (χ0n) is 6.53. The van der Waals surface area contributed by atoms with Crippen LogP contribution in [-0.4, -0.2) is 12.3 Å². The monoisotopic (exact) mass is 139 g/mol. The summed E-state index contributed by atoms with van der Waals surface area (Å²) in [6.45, 7) is 4.80. The minimum absolute atomic E-state index is 0.318. The number of hydrogen-bond donors (Lipinski definition) is 1. The van der Waals surface area contributed by atoms with Crippen LogP contribution in [0.1, 0.15) is 26.7 Å². The van der Waals surface area contributed by atoms with Crippen LogP contribution in [-0.2, 0) is 4.79 Å². The van der Waals surface area contributed by atoms with Crippen LogP contribution in [0, 0.1) is 0 Å². The van der Waals surface area contributed by atoms with E-state index in [1.54, 1.807) is 0 Å². The number of allylic oxidation sites excluding steroid dienone is 2. The van der Waals surface area contributed by atoms with Crippen molar-refractivity contribution in [2.24, 2.45) is 0 Å². The highest BCUT2D eigenvalue weighted by atomic mass is 16.1. The van der Waals surface area contributed by atoms with Crippen LogP contribution in [0.2, 0.25) is 0 Å². The molecular weight excluding hydrogens is 126 g/mol. The lowest BCUT2D eigenvalue weighted by molar-refractivity contribution is -0.116. The molecule has 0 saturated carbocycles. The van der Waals surface area contributed by atoms with Crippen molar-refractivity contribution in [1.82, 2.24) is 5.32 Å². The van der Waals surface area contributed by atoms with Crippen molar-refractivity contribution in [1.29, 1.82) is 0 Å². The van der Waals surface area contributed by atoms with Crippen molar-refractivity contribution in [2.75, 3.05) is 6.54 Å². The normalized spacial score (nSPS) is 19.2. The molecule has 10 heavy (non-hydrogen) atoms. The van der Waals surface area contributed by atoms with Crippen LogP contribution in [0.3, 0.4) is 0 Å². The number of carbonyl (C=O) groups excluding carboxylic acids is 1. The van der Waals surface area contributed by atoms with E-state index >= 15 is 0 Å². The second-order valence-corrected chi connectivity index (χ2v) is 2.56. The Kier molecular flexibility index (Phi) is 2.10. The average Bonchev–Trinajstić information content (AvgIpc) is 1.88. The van der Waals surface area contributed by atoms with Gasteiger partial charge in [-0.05, 0) is 13.3 Å². The first-order valence-corrected chi connectivity index (χ1v) is 3.72. The van der Waals surface area contributed by atoms with Crippen molar-refractivity contribution in [2.45, 2.75) is 26.7 Å². The first-order valence-electron chi connectivity index (χ1n) is 3.72. The highest BCUT2D eigenvalue weighted by Crippen LogP contribution is 2.13. The number of nitrogens with one attached hydrogen (secondary N) is 1. The fourth-order valence-corrected chi connectivity index (χ4v) is 1.29. The minimum Gasteiger partial charge on any atom is -0.388 e. The molecule has 0 atom stereocenters. The Morgan fingerprint density at radius 3 is 2.70 bits per heavy atom. The first-order chi connectivity index (χ1) is 4.75. The van der Waals surface area contributed by atoms with Crippen molar-refractivity contribution in [3.05, 3.63) is 11.3 Å². The van der Waals surface area contributed by atoms with Gasteiger partial charge in [0.2, 0.25) is 0 Å². The molecule has 1 aliphatic rings. The lowest BCUT2D eigenvalue weighted by Gasteiger charge is -2.16. The molecular formula is C8H13NO. The van der Waals surface area contributed by atoms with E-state index in [0.29, 0.717) is 12.2 Å². The summed E-state index contributed by atoms with van der Waals surface area (Å²) >= 11 is 0. The maximum absolute atomic E-state index is 11.1. The average molecular weight is 139 g/mol. The fourth-order valence-electron chi connectivity index (χ4n) is 1.29. The van der Waals surface area contributed by atoms with E-state index in [4.69, 9.17) is 0 Å². The van der Waals surface area contributed by atoms with Gasteiger partial charge in [-0.3, -0.25) is 4.79 Å². The second-order valence-electron chi connectivity index (χ2n) is 2.56. The van der Waals surface area contributed by atoms with Crippen LogP contribution in [0.4, 0.5) is 0 Å². The second kappa shape index (κ2) is 2.86. The summed E-state index contributed by atoms with van der Waals surface area (Å²) in [4.78, 5) is 11.1. The molecule has 0 spiro atoms. The quantitative estimate of drug-likeness (QED) is 0.592. The van der Waals surface area contributed by atoms with Gasteiger partial charge in [0.25, 0.3) is 0 Å². The highest BCUT2D eigenvalue weighted by molar-refractivity contribution is 5.96. The Bertz CT molecular complexity index is 182. The summed E-state index contributed by atoms with van der Waals surface area (Å²) < 4.78 is 0. The lowest BCUT2D eigenvalue weighted by Crippen LogP contribution is -2.25. The summed E-state index contributed by atoms with van der Waals surface area (Å²) in [5, 5.41) is 3.17. The summed E-state index contributed by atoms with van der Waals surface area (Å²) in [7, 11) is 0. The molecule has 0 amide bonds. The smallest absolute Gasteiger partial charge is 0.162 e. The number of rotatable bonds is 1. The molecule has 0 fully saturated rings. The predicted octanol–water partition coefficient (Wildman–Crippen LogP) is 1.23. The van der Waals surface area contributed by atoms with Crippen LogP contribution >= 0.6 is 0 Å². The van der Waals surface area contributed by atoms with Gasteiger partial charge < -0.3 is 5.32 Å².